The molecule has 0 spiro atoms. The lowest BCUT2D eigenvalue weighted by atomic mass is 9.83. The van der Waals surface area contributed by atoms with Crippen molar-refractivity contribution < 1.29 is 0 Å². The van der Waals surface area contributed by atoms with Crippen molar-refractivity contribution in [2.24, 2.45) is 5.41 Å². The molecule has 1 aliphatic heterocycles. The van der Waals surface area contributed by atoms with Crippen molar-refractivity contribution in [1.82, 2.24) is 4.90 Å². The fourth-order valence-corrected chi connectivity index (χ4v) is 1.98. The molecule has 1 heterocycles. The summed E-state index contributed by atoms with van der Waals surface area (Å²) in [5.41, 5.74) is 0.282. The highest BCUT2D eigenvalue weighted by Gasteiger charge is 2.34. The maximum atomic E-state index is 6.25. The number of hydrogen-bond donors (Lipinski definition) is 0. The predicted octanol–water partition coefficient (Wildman–Crippen LogP) is 2.73. The van der Waals surface area contributed by atoms with Crippen molar-refractivity contribution in [2.45, 2.75) is 45.5 Å². The van der Waals surface area contributed by atoms with E-state index in [1.54, 1.807) is 0 Å². The molecule has 1 unspecified atom stereocenters. The van der Waals surface area contributed by atoms with E-state index in [9.17, 15) is 0 Å². The van der Waals surface area contributed by atoms with E-state index in [2.05, 4.69) is 32.6 Å². The molecule has 1 saturated heterocycles. The van der Waals surface area contributed by atoms with E-state index in [4.69, 9.17) is 11.6 Å². The lowest BCUT2D eigenvalue weighted by Gasteiger charge is -2.43. The van der Waals surface area contributed by atoms with Gasteiger partial charge in [-0.2, -0.15) is 0 Å². The lowest BCUT2D eigenvalue weighted by Crippen LogP contribution is -2.48. The van der Waals surface area contributed by atoms with E-state index in [-0.39, 0.29) is 5.41 Å². The third kappa shape index (κ3) is 2.14. The van der Waals surface area contributed by atoms with Crippen LogP contribution in [0.4, 0.5) is 0 Å². The third-order valence-corrected chi connectivity index (χ3v) is 3.67. The maximum absolute atomic E-state index is 6.25. The van der Waals surface area contributed by atoms with Crippen LogP contribution in [0, 0.1) is 5.41 Å². The average molecular weight is 190 g/mol. The minimum Gasteiger partial charge on any atom is -0.300 e. The van der Waals surface area contributed by atoms with Crippen molar-refractivity contribution >= 4 is 11.6 Å². The fraction of sp³-hybridized carbons (Fsp3) is 1.00. The topological polar surface area (TPSA) is 3.24 Å². The number of likely N-dealkylation sites (tertiary alicyclic amines) is 1. The molecule has 2 heteroatoms. The van der Waals surface area contributed by atoms with E-state index in [1.807, 2.05) is 0 Å². The minimum absolute atomic E-state index is 0.282. The standard InChI is InChI=1S/C10H20ClN/c1-8(2)12-6-5-9(11)10(3,4)7-12/h8-9H,5-7H2,1-4H3. The largest absolute Gasteiger partial charge is 0.300 e. The van der Waals surface area contributed by atoms with E-state index in [0.717, 1.165) is 19.5 Å². The summed E-state index contributed by atoms with van der Waals surface area (Å²) >= 11 is 6.25. The lowest BCUT2D eigenvalue weighted by molar-refractivity contribution is 0.0951. The van der Waals surface area contributed by atoms with E-state index < -0.39 is 0 Å². The molecular weight excluding hydrogens is 170 g/mol. The maximum Gasteiger partial charge on any atom is 0.0411 e. The summed E-state index contributed by atoms with van der Waals surface area (Å²) in [5, 5.41) is 0.354. The van der Waals surface area contributed by atoms with Gasteiger partial charge in [0.05, 0.1) is 0 Å². The van der Waals surface area contributed by atoms with Gasteiger partial charge in [0, 0.05) is 18.0 Å². The van der Waals surface area contributed by atoms with Crippen LogP contribution in [0.25, 0.3) is 0 Å². The van der Waals surface area contributed by atoms with Crippen LogP contribution in [0.1, 0.15) is 34.1 Å². The van der Waals surface area contributed by atoms with Gasteiger partial charge in [-0.05, 0) is 32.2 Å². The quantitative estimate of drug-likeness (QED) is 0.574. The third-order valence-electron chi connectivity index (χ3n) is 2.86. The minimum atomic E-state index is 0.282. The van der Waals surface area contributed by atoms with Crippen LogP contribution >= 0.6 is 11.6 Å². The Morgan fingerprint density at radius 1 is 1.42 bits per heavy atom. The van der Waals surface area contributed by atoms with Crippen molar-refractivity contribution in [3.8, 4) is 0 Å². The summed E-state index contributed by atoms with van der Waals surface area (Å²) < 4.78 is 0. The molecule has 1 aliphatic rings. The van der Waals surface area contributed by atoms with Crippen LogP contribution in [0.5, 0.6) is 0 Å². The molecule has 0 aromatic heterocycles. The molecule has 1 atom stereocenters. The van der Waals surface area contributed by atoms with Crippen LogP contribution < -0.4 is 0 Å². The van der Waals surface area contributed by atoms with Gasteiger partial charge in [0.1, 0.15) is 0 Å². The first-order valence-corrected chi connectivity index (χ1v) is 5.25. The van der Waals surface area contributed by atoms with Crippen LogP contribution in [0.3, 0.4) is 0 Å². The molecule has 1 nitrogen and oxygen atoms in total. The Labute approximate surface area is 81.1 Å². The zero-order valence-electron chi connectivity index (χ0n) is 8.60. The van der Waals surface area contributed by atoms with Gasteiger partial charge in [0.2, 0.25) is 0 Å². The predicted molar refractivity (Wildman–Crippen MR) is 54.7 cm³/mol. The summed E-state index contributed by atoms with van der Waals surface area (Å²) in [6.07, 6.45) is 1.13. The number of piperidine rings is 1. The van der Waals surface area contributed by atoms with Crippen molar-refractivity contribution in [2.75, 3.05) is 13.1 Å². The summed E-state index contributed by atoms with van der Waals surface area (Å²) in [6.45, 7) is 11.3. The van der Waals surface area contributed by atoms with Crippen LogP contribution in [-0.4, -0.2) is 29.4 Å². The molecule has 0 amide bonds. The monoisotopic (exact) mass is 189 g/mol. The Kier molecular flexibility index (Phi) is 3.06. The second-order valence-electron chi connectivity index (χ2n) is 4.81. The zero-order chi connectivity index (χ0) is 9.35. The summed E-state index contributed by atoms with van der Waals surface area (Å²) in [7, 11) is 0. The van der Waals surface area contributed by atoms with Crippen molar-refractivity contribution in [3.63, 3.8) is 0 Å². The normalized spacial score (nSPS) is 31.0. The number of nitrogens with zero attached hydrogens (tertiary/aromatic N) is 1. The van der Waals surface area contributed by atoms with Gasteiger partial charge in [0.25, 0.3) is 0 Å². The van der Waals surface area contributed by atoms with Gasteiger partial charge in [-0.25, -0.2) is 0 Å². The van der Waals surface area contributed by atoms with E-state index in [1.165, 1.54) is 0 Å². The second-order valence-corrected chi connectivity index (χ2v) is 5.34. The number of halogens is 1. The highest BCUT2D eigenvalue weighted by atomic mass is 35.5. The van der Waals surface area contributed by atoms with E-state index in [0.29, 0.717) is 11.4 Å². The molecule has 0 saturated carbocycles. The zero-order valence-corrected chi connectivity index (χ0v) is 9.36. The molecular formula is C10H20ClN. The molecule has 12 heavy (non-hydrogen) atoms. The molecule has 0 N–H and O–H groups in total. The molecule has 0 radical (unpaired) electrons. The molecule has 1 fully saturated rings. The van der Waals surface area contributed by atoms with Gasteiger partial charge < -0.3 is 4.90 Å². The summed E-state index contributed by atoms with van der Waals surface area (Å²) in [5.74, 6) is 0. The highest BCUT2D eigenvalue weighted by Crippen LogP contribution is 2.33. The number of hydrogen-bond acceptors (Lipinski definition) is 1. The van der Waals surface area contributed by atoms with Crippen LogP contribution in [0.15, 0.2) is 0 Å². The van der Waals surface area contributed by atoms with E-state index >= 15 is 0 Å². The number of rotatable bonds is 1. The molecule has 0 bridgehead atoms. The summed E-state index contributed by atoms with van der Waals surface area (Å²) in [6, 6.07) is 0.661. The van der Waals surface area contributed by atoms with Gasteiger partial charge >= 0.3 is 0 Å². The Balaban J connectivity index is 2.57. The first kappa shape index (κ1) is 10.3. The molecule has 72 valence electrons. The fourth-order valence-electron chi connectivity index (χ4n) is 1.81. The Morgan fingerprint density at radius 3 is 2.42 bits per heavy atom. The Hall–Kier alpha value is 0.250. The molecule has 0 aliphatic carbocycles. The van der Waals surface area contributed by atoms with Crippen molar-refractivity contribution in [1.29, 1.82) is 0 Å². The Bertz CT molecular complexity index is 154. The molecule has 1 rings (SSSR count). The SMILES string of the molecule is CC(C)N1CCC(Cl)C(C)(C)C1. The smallest absolute Gasteiger partial charge is 0.0411 e. The average Bonchev–Trinajstić information content (AvgIpc) is 1.94. The van der Waals surface area contributed by atoms with Gasteiger partial charge in [0.15, 0.2) is 0 Å². The second kappa shape index (κ2) is 3.55. The molecule has 0 aromatic carbocycles. The highest BCUT2D eigenvalue weighted by molar-refractivity contribution is 6.21. The first-order valence-electron chi connectivity index (χ1n) is 4.81. The van der Waals surface area contributed by atoms with Gasteiger partial charge in [-0.15, -0.1) is 11.6 Å². The van der Waals surface area contributed by atoms with Crippen LogP contribution in [-0.2, 0) is 0 Å². The first-order chi connectivity index (χ1) is 5.43. The number of alkyl halides is 1. The Morgan fingerprint density at radius 2 is 2.00 bits per heavy atom. The molecule has 0 aromatic rings. The van der Waals surface area contributed by atoms with Crippen molar-refractivity contribution in [3.05, 3.63) is 0 Å². The van der Waals surface area contributed by atoms with Gasteiger partial charge in [-0.3, -0.25) is 0 Å². The van der Waals surface area contributed by atoms with Gasteiger partial charge in [-0.1, -0.05) is 13.8 Å². The van der Waals surface area contributed by atoms with Crippen LogP contribution in [0.2, 0.25) is 0 Å². The summed E-state index contributed by atoms with van der Waals surface area (Å²) in [4.78, 5) is 2.51.